The van der Waals surface area contributed by atoms with Gasteiger partial charge >= 0.3 is 5.97 Å². The van der Waals surface area contributed by atoms with Crippen molar-refractivity contribution in [3.63, 3.8) is 0 Å². The number of allylic oxidation sites excluding steroid dienone is 3. The van der Waals surface area contributed by atoms with Crippen LogP contribution in [0.25, 0.3) is 0 Å². The van der Waals surface area contributed by atoms with Crippen LogP contribution in [0.2, 0.25) is 0 Å². The fourth-order valence-corrected chi connectivity index (χ4v) is 5.09. The summed E-state index contributed by atoms with van der Waals surface area (Å²) in [5.41, 5.74) is 3.57. The molecule has 1 aliphatic heterocycles. The van der Waals surface area contributed by atoms with Crippen molar-refractivity contribution in [3.05, 3.63) is 81.9 Å². The molecule has 0 bridgehead atoms. The van der Waals surface area contributed by atoms with E-state index in [1.807, 2.05) is 25.1 Å². The summed E-state index contributed by atoms with van der Waals surface area (Å²) in [6, 6.07) is 11.7. The van der Waals surface area contributed by atoms with E-state index in [0.29, 0.717) is 46.9 Å². The van der Waals surface area contributed by atoms with Crippen LogP contribution in [0.3, 0.4) is 0 Å². The average molecular weight is 510 g/mol. The number of rotatable bonds is 9. The average Bonchev–Trinajstić information content (AvgIpc) is 2.89. The van der Waals surface area contributed by atoms with Gasteiger partial charge in [-0.2, -0.15) is 0 Å². The number of ether oxygens (including phenoxy) is 4. The lowest BCUT2D eigenvalue weighted by molar-refractivity contribution is -0.140. The molecule has 0 amide bonds. The van der Waals surface area contributed by atoms with Gasteiger partial charge in [-0.05, 0) is 61.6 Å². The molecule has 7 nitrogen and oxygen atoms in total. The monoisotopic (exact) mass is 509 g/mol. The number of dihydropyridines is 1. The topological polar surface area (TPSA) is 83.1 Å². The number of esters is 1. The van der Waals surface area contributed by atoms with Crippen LogP contribution < -0.4 is 14.8 Å². The van der Waals surface area contributed by atoms with Crippen molar-refractivity contribution in [1.82, 2.24) is 5.32 Å². The first-order valence-electron chi connectivity index (χ1n) is 12.3. The number of methoxy groups -OCH3 is 2. The van der Waals surface area contributed by atoms with Gasteiger partial charge in [0.1, 0.15) is 12.4 Å². The van der Waals surface area contributed by atoms with Gasteiger partial charge in [-0.25, -0.2) is 9.18 Å². The molecular formula is C29H32FNO6. The highest BCUT2D eigenvalue weighted by atomic mass is 19.1. The molecule has 2 atom stereocenters. The number of halogens is 1. The zero-order chi connectivity index (χ0) is 26.5. The number of nitrogens with one attached hydrogen (secondary N) is 1. The van der Waals surface area contributed by atoms with E-state index in [0.717, 1.165) is 11.3 Å². The molecule has 0 saturated carbocycles. The minimum absolute atomic E-state index is 0.0839. The van der Waals surface area contributed by atoms with Gasteiger partial charge in [-0.15, -0.1) is 0 Å². The second kappa shape index (κ2) is 11.6. The van der Waals surface area contributed by atoms with Gasteiger partial charge in [0, 0.05) is 35.9 Å². The number of carbonyl (C=O) groups is 2. The molecule has 0 aromatic heterocycles. The molecule has 0 radical (unpaired) electrons. The standard InChI is InChI=1S/C29H32FNO6/c1-5-36-11-12-37-29(33)26-17(2)31-22-14-20(18-9-10-24(34-3)25(16-18)35-4)15-23(32)28(22)27(26)19-7-6-8-21(30)13-19/h6-10,13,16,20,27,31H,5,11-12,14-15H2,1-4H3/t20-,27-/m0/s1. The van der Waals surface area contributed by atoms with Crippen molar-refractivity contribution in [2.24, 2.45) is 0 Å². The third-order valence-electron chi connectivity index (χ3n) is 6.77. The number of benzene rings is 2. The minimum atomic E-state index is -0.731. The number of hydrogen-bond donors (Lipinski definition) is 1. The zero-order valence-corrected chi connectivity index (χ0v) is 21.6. The third kappa shape index (κ3) is 5.54. The SMILES string of the molecule is CCOCCOC(=O)C1=C(C)NC2=C(C(=O)C[C@@H](c3ccc(OC)c(OC)c3)C2)[C@H]1c1cccc(F)c1. The molecule has 0 unspecified atom stereocenters. The van der Waals surface area contributed by atoms with Crippen molar-refractivity contribution in [2.75, 3.05) is 34.0 Å². The summed E-state index contributed by atoms with van der Waals surface area (Å²) in [6.45, 7) is 4.50. The third-order valence-corrected chi connectivity index (χ3v) is 6.77. The van der Waals surface area contributed by atoms with E-state index < -0.39 is 17.7 Å². The molecule has 2 aliphatic rings. The molecule has 0 spiro atoms. The van der Waals surface area contributed by atoms with E-state index >= 15 is 0 Å². The first-order chi connectivity index (χ1) is 17.9. The number of ketones is 1. The van der Waals surface area contributed by atoms with Crippen LogP contribution in [0.1, 0.15) is 49.7 Å². The Kier molecular flexibility index (Phi) is 8.28. The first-order valence-corrected chi connectivity index (χ1v) is 12.3. The van der Waals surface area contributed by atoms with Gasteiger partial charge in [0.15, 0.2) is 17.3 Å². The van der Waals surface area contributed by atoms with Crippen molar-refractivity contribution in [1.29, 1.82) is 0 Å². The predicted molar refractivity (Wildman–Crippen MR) is 136 cm³/mol. The molecular weight excluding hydrogens is 477 g/mol. The maximum absolute atomic E-state index is 14.3. The van der Waals surface area contributed by atoms with Gasteiger partial charge < -0.3 is 24.3 Å². The predicted octanol–water partition coefficient (Wildman–Crippen LogP) is 4.78. The van der Waals surface area contributed by atoms with E-state index in [2.05, 4.69) is 5.32 Å². The second-order valence-electron chi connectivity index (χ2n) is 9.02. The fourth-order valence-electron chi connectivity index (χ4n) is 5.09. The molecule has 4 rings (SSSR count). The van der Waals surface area contributed by atoms with Crippen LogP contribution in [-0.4, -0.2) is 45.8 Å². The van der Waals surface area contributed by atoms with Crippen molar-refractivity contribution in [3.8, 4) is 11.5 Å². The Balaban J connectivity index is 1.71. The van der Waals surface area contributed by atoms with Crippen LogP contribution in [0.15, 0.2) is 65.0 Å². The number of hydrogen-bond acceptors (Lipinski definition) is 7. The molecule has 37 heavy (non-hydrogen) atoms. The summed E-state index contributed by atoms with van der Waals surface area (Å²) < 4.78 is 35.8. The molecule has 1 aliphatic carbocycles. The normalized spacial score (nSPS) is 19.3. The Morgan fingerprint density at radius 2 is 1.81 bits per heavy atom. The summed E-state index contributed by atoms with van der Waals surface area (Å²) >= 11 is 0. The highest BCUT2D eigenvalue weighted by Gasteiger charge is 2.41. The van der Waals surface area contributed by atoms with Crippen LogP contribution in [-0.2, 0) is 19.1 Å². The Morgan fingerprint density at radius 1 is 1.03 bits per heavy atom. The summed E-state index contributed by atoms with van der Waals surface area (Å²) in [6.07, 6.45) is 0.792. The summed E-state index contributed by atoms with van der Waals surface area (Å²) in [4.78, 5) is 26.9. The van der Waals surface area contributed by atoms with Crippen LogP contribution >= 0.6 is 0 Å². The van der Waals surface area contributed by atoms with Crippen molar-refractivity contribution < 1.29 is 32.9 Å². The van der Waals surface area contributed by atoms with Gasteiger partial charge in [0.05, 0.1) is 26.4 Å². The lowest BCUT2D eigenvalue weighted by atomic mass is 9.71. The molecule has 0 fully saturated rings. The lowest BCUT2D eigenvalue weighted by Crippen LogP contribution is -2.36. The Labute approximate surface area is 216 Å². The van der Waals surface area contributed by atoms with Crippen LogP contribution in [0.4, 0.5) is 4.39 Å². The maximum atomic E-state index is 14.3. The lowest BCUT2D eigenvalue weighted by Gasteiger charge is -2.36. The smallest absolute Gasteiger partial charge is 0.336 e. The molecule has 2 aromatic rings. The zero-order valence-electron chi connectivity index (χ0n) is 21.6. The van der Waals surface area contributed by atoms with Gasteiger partial charge in [0.2, 0.25) is 0 Å². The Bertz CT molecular complexity index is 1250. The van der Waals surface area contributed by atoms with E-state index in [1.165, 1.54) is 12.1 Å². The highest BCUT2D eigenvalue weighted by molar-refractivity contribution is 6.04. The summed E-state index contributed by atoms with van der Waals surface area (Å²) in [7, 11) is 3.15. The molecule has 1 N–H and O–H groups in total. The van der Waals surface area contributed by atoms with Crippen LogP contribution in [0.5, 0.6) is 11.5 Å². The van der Waals surface area contributed by atoms with Gasteiger partial charge in [-0.3, -0.25) is 4.79 Å². The highest BCUT2D eigenvalue weighted by Crippen LogP contribution is 2.46. The minimum Gasteiger partial charge on any atom is -0.493 e. The maximum Gasteiger partial charge on any atom is 0.336 e. The Morgan fingerprint density at radius 3 is 2.51 bits per heavy atom. The fraction of sp³-hybridized carbons (Fsp3) is 0.379. The van der Waals surface area contributed by atoms with E-state index in [4.69, 9.17) is 18.9 Å². The second-order valence-corrected chi connectivity index (χ2v) is 9.02. The Hall–Kier alpha value is -3.65. The molecule has 8 heteroatoms. The summed E-state index contributed by atoms with van der Waals surface area (Å²) in [5.74, 6) is -0.720. The molecule has 196 valence electrons. The number of carbonyl (C=O) groups excluding carboxylic acids is 2. The van der Waals surface area contributed by atoms with Gasteiger partial charge in [-0.1, -0.05) is 18.2 Å². The van der Waals surface area contributed by atoms with Gasteiger partial charge in [0.25, 0.3) is 0 Å². The van der Waals surface area contributed by atoms with Crippen LogP contribution in [0, 0.1) is 5.82 Å². The number of Topliss-reactive ketones (excluding diaryl/α,β-unsaturated/α-hetero) is 1. The van der Waals surface area contributed by atoms with Crippen molar-refractivity contribution in [2.45, 2.75) is 38.5 Å². The quantitative estimate of drug-likeness (QED) is 0.385. The molecule has 0 saturated heterocycles. The molecule has 1 heterocycles. The van der Waals surface area contributed by atoms with Crippen molar-refractivity contribution >= 4 is 11.8 Å². The van der Waals surface area contributed by atoms with E-state index in [-0.39, 0.29) is 31.3 Å². The summed E-state index contributed by atoms with van der Waals surface area (Å²) in [5, 5.41) is 3.30. The van der Waals surface area contributed by atoms with E-state index in [9.17, 15) is 14.0 Å². The largest absolute Gasteiger partial charge is 0.493 e. The van der Waals surface area contributed by atoms with E-state index in [1.54, 1.807) is 33.3 Å². The first kappa shape index (κ1) is 26.4. The molecule has 2 aromatic carbocycles.